The lowest BCUT2D eigenvalue weighted by Crippen LogP contribution is -2.48. The molecule has 0 aliphatic heterocycles. The Morgan fingerprint density at radius 1 is 1.33 bits per heavy atom. The monoisotopic (exact) mass is 457 g/mol. The van der Waals surface area contributed by atoms with E-state index in [1.807, 2.05) is 7.05 Å². The second-order valence-corrected chi connectivity index (χ2v) is 9.33. The number of benzene rings is 1. The Balaban J connectivity index is 1.82. The highest BCUT2D eigenvalue weighted by molar-refractivity contribution is 7.92. The molecule has 1 aliphatic carbocycles. The van der Waals surface area contributed by atoms with Crippen LogP contribution in [0.5, 0.6) is 0 Å². The molecule has 0 radical (unpaired) electrons. The van der Waals surface area contributed by atoms with E-state index in [1.54, 1.807) is 0 Å². The molecule has 2 atom stereocenters. The third kappa shape index (κ3) is 5.37. The molecule has 3 rings (SSSR count). The SMILES string of the molecule is CN(CCO)[C@H]1CCCC[C@@H]1Nc1cc(F)c(S(=O)(=O)Nc2ccncn2)cc1Cl. The molecule has 1 aromatic carbocycles. The van der Waals surface area contributed by atoms with Crippen LogP contribution < -0.4 is 10.0 Å². The Morgan fingerprint density at radius 2 is 2.10 bits per heavy atom. The second kappa shape index (κ2) is 9.86. The molecule has 1 aliphatic rings. The molecule has 0 unspecified atom stereocenters. The zero-order valence-corrected chi connectivity index (χ0v) is 18.1. The van der Waals surface area contributed by atoms with Crippen molar-refractivity contribution in [2.24, 2.45) is 0 Å². The summed E-state index contributed by atoms with van der Waals surface area (Å²) in [4.78, 5) is 9.01. The van der Waals surface area contributed by atoms with Gasteiger partial charge in [-0.2, -0.15) is 0 Å². The second-order valence-electron chi connectivity index (χ2n) is 7.27. The molecular weight excluding hydrogens is 433 g/mol. The van der Waals surface area contributed by atoms with Gasteiger partial charge < -0.3 is 10.4 Å². The molecule has 1 aromatic heterocycles. The van der Waals surface area contributed by atoms with Crippen molar-refractivity contribution in [1.29, 1.82) is 0 Å². The molecule has 0 spiro atoms. The van der Waals surface area contributed by atoms with Gasteiger partial charge in [0.15, 0.2) is 0 Å². The minimum Gasteiger partial charge on any atom is -0.395 e. The number of likely N-dealkylation sites (N-methyl/N-ethyl adjacent to an activating group) is 1. The van der Waals surface area contributed by atoms with Crippen molar-refractivity contribution in [2.75, 3.05) is 30.2 Å². The van der Waals surface area contributed by atoms with Gasteiger partial charge in [0.05, 0.1) is 17.3 Å². The molecule has 0 saturated heterocycles. The van der Waals surface area contributed by atoms with Gasteiger partial charge in [-0.15, -0.1) is 0 Å². The summed E-state index contributed by atoms with van der Waals surface area (Å²) < 4.78 is 42.1. The summed E-state index contributed by atoms with van der Waals surface area (Å²) in [6.45, 7) is 0.595. The van der Waals surface area contributed by atoms with Crippen LogP contribution in [0.2, 0.25) is 5.02 Å². The number of nitrogens with one attached hydrogen (secondary N) is 2. The third-order valence-corrected chi connectivity index (χ3v) is 6.90. The number of hydrogen-bond acceptors (Lipinski definition) is 7. The lowest BCUT2D eigenvalue weighted by molar-refractivity contribution is 0.143. The molecule has 3 N–H and O–H groups in total. The van der Waals surface area contributed by atoms with Gasteiger partial charge in [0.2, 0.25) is 0 Å². The van der Waals surface area contributed by atoms with E-state index in [9.17, 15) is 17.9 Å². The van der Waals surface area contributed by atoms with Crippen molar-refractivity contribution in [3.8, 4) is 0 Å². The third-order valence-electron chi connectivity index (χ3n) is 5.22. The van der Waals surface area contributed by atoms with E-state index < -0.39 is 20.7 Å². The van der Waals surface area contributed by atoms with E-state index in [-0.39, 0.29) is 29.5 Å². The number of rotatable bonds is 8. The molecule has 8 nitrogen and oxygen atoms in total. The zero-order chi connectivity index (χ0) is 21.7. The van der Waals surface area contributed by atoms with E-state index in [1.165, 1.54) is 18.6 Å². The van der Waals surface area contributed by atoms with E-state index in [0.29, 0.717) is 12.2 Å². The standard InChI is InChI=1S/C19H25ClFN5O3S/c1-26(8-9-27)17-5-3-2-4-15(17)24-16-11-14(21)18(10-13(16)20)30(28,29)25-19-6-7-22-12-23-19/h6-7,10-12,15,17,24,27H,2-5,8-9H2,1H3,(H,22,23,25)/t15-,17-/m0/s1. The Kier molecular flexibility index (Phi) is 7.45. The Bertz CT molecular complexity index is 964. The Labute approximate surface area is 180 Å². The van der Waals surface area contributed by atoms with Crippen LogP contribution in [-0.2, 0) is 10.0 Å². The summed E-state index contributed by atoms with van der Waals surface area (Å²) in [7, 11) is -2.27. The normalized spacial score (nSPS) is 19.6. The highest BCUT2D eigenvalue weighted by Crippen LogP contribution is 2.32. The van der Waals surface area contributed by atoms with Crippen molar-refractivity contribution in [2.45, 2.75) is 42.7 Å². The van der Waals surface area contributed by atoms with Crippen molar-refractivity contribution in [1.82, 2.24) is 14.9 Å². The first-order valence-electron chi connectivity index (χ1n) is 9.67. The van der Waals surface area contributed by atoms with Crippen molar-refractivity contribution >= 4 is 33.1 Å². The molecule has 30 heavy (non-hydrogen) atoms. The van der Waals surface area contributed by atoms with E-state index in [0.717, 1.165) is 37.8 Å². The lowest BCUT2D eigenvalue weighted by atomic mass is 9.89. The lowest BCUT2D eigenvalue weighted by Gasteiger charge is -2.38. The summed E-state index contributed by atoms with van der Waals surface area (Å²) in [5.74, 6) is -0.890. The predicted molar refractivity (Wildman–Crippen MR) is 114 cm³/mol. The summed E-state index contributed by atoms with van der Waals surface area (Å²) >= 11 is 6.32. The summed E-state index contributed by atoms with van der Waals surface area (Å²) in [5.41, 5.74) is 0.337. The summed E-state index contributed by atoms with van der Waals surface area (Å²) in [6, 6.07) is 3.73. The predicted octanol–water partition coefficient (Wildman–Crippen LogP) is 2.72. The van der Waals surface area contributed by atoms with Crippen LogP contribution in [0.3, 0.4) is 0 Å². The van der Waals surface area contributed by atoms with Gasteiger partial charge >= 0.3 is 0 Å². The maximum atomic E-state index is 14.8. The highest BCUT2D eigenvalue weighted by atomic mass is 35.5. The van der Waals surface area contributed by atoms with Crippen molar-refractivity contribution in [3.63, 3.8) is 0 Å². The van der Waals surface area contributed by atoms with Crippen LogP contribution in [0.4, 0.5) is 15.9 Å². The number of hydrogen-bond donors (Lipinski definition) is 3. The van der Waals surface area contributed by atoms with Crippen LogP contribution >= 0.6 is 11.6 Å². The maximum absolute atomic E-state index is 14.8. The van der Waals surface area contributed by atoms with Crippen LogP contribution in [0.25, 0.3) is 0 Å². The average molecular weight is 458 g/mol. The van der Waals surface area contributed by atoms with Crippen LogP contribution in [0.15, 0.2) is 35.6 Å². The van der Waals surface area contributed by atoms with Gasteiger partial charge in [0.1, 0.15) is 22.9 Å². The van der Waals surface area contributed by atoms with Gasteiger partial charge in [-0.05, 0) is 38.1 Å². The molecule has 1 heterocycles. The topological polar surface area (TPSA) is 107 Å². The first kappa shape index (κ1) is 22.7. The molecular formula is C19H25ClFN5O3S. The van der Waals surface area contributed by atoms with Crippen molar-refractivity contribution in [3.05, 3.63) is 41.6 Å². The summed E-state index contributed by atoms with van der Waals surface area (Å²) in [6.07, 6.45) is 6.47. The zero-order valence-electron chi connectivity index (χ0n) is 16.6. The van der Waals surface area contributed by atoms with Crippen LogP contribution in [-0.4, -0.2) is 60.7 Å². The average Bonchev–Trinajstić information content (AvgIpc) is 2.71. The molecule has 164 valence electrons. The fraction of sp³-hybridized carbons (Fsp3) is 0.474. The molecule has 0 bridgehead atoms. The molecule has 2 aromatic rings. The highest BCUT2D eigenvalue weighted by Gasteiger charge is 2.29. The number of aliphatic hydroxyl groups excluding tert-OH is 1. The quantitative estimate of drug-likeness (QED) is 0.559. The molecule has 11 heteroatoms. The fourth-order valence-electron chi connectivity index (χ4n) is 3.72. The first-order chi connectivity index (χ1) is 14.3. The van der Waals surface area contributed by atoms with E-state index >= 15 is 0 Å². The van der Waals surface area contributed by atoms with E-state index in [4.69, 9.17) is 11.6 Å². The minimum atomic E-state index is -4.21. The van der Waals surface area contributed by atoms with E-state index in [2.05, 4.69) is 24.9 Å². The smallest absolute Gasteiger partial charge is 0.266 e. The maximum Gasteiger partial charge on any atom is 0.266 e. The van der Waals surface area contributed by atoms with Gasteiger partial charge in [0, 0.05) is 24.8 Å². The number of anilines is 2. The van der Waals surface area contributed by atoms with Gasteiger partial charge in [-0.1, -0.05) is 24.4 Å². The number of halogens is 2. The summed E-state index contributed by atoms with van der Waals surface area (Å²) in [5, 5.41) is 12.6. The molecule has 1 saturated carbocycles. The van der Waals surface area contributed by atoms with Crippen LogP contribution in [0.1, 0.15) is 25.7 Å². The fourth-order valence-corrected chi connectivity index (χ4v) is 5.10. The van der Waals surface area contributed by atoms with Gasteiger partial charge in [-0.3, -0.25) is 9.62 Å². The number of aliphatic hydroxyl groups is 1. The van der Waals surface area contributed by atoms with Crippen LogP contribution in [0, 0.1) is 5.82 Å². The van der Waals surface area contributed by atoms with Gasteiger partial charge in [0.25, 0.3) is 10.0 Å². The molecule has 1 fully saturated rings. The number of aromatic nitrogens is 2. The Hall–Kier alpha value is -2.01. The molecule has 0 amide bonds. The Morgan fingerprint density at radius 3 is 2.80 bits per heavy atom. The first-order valence-corrected chi connectivity index (χ1v) is 11.5. The number of sulfonamides is 1. The largest absolute Gasteiger partial charge is 0.395 e. The number of nitrogens with zero attached hydrogens (tertiary/aromatic N) is 3. The minimum absolute atomic E-state index is 0.00815. The van der Waals surface area contributed by atoms with Crippen molar-refractivity contribution < 1.29 is 17.9 Å². The van der Waals surface area contributed by atoms with Gasteiger partial charge in [-0.25, -0.2) is 22.8 Å².